The summed E-state index contributed by atoms with van der Waals surface area (Å²) in [5.41, 5.74) is 2.33. The van der Waals surface area contributed by atoms with Crippen LogP contribution in [-0.2, 0) is 6.54 Å². The molecule has 2 aromatic carbocycles. The van der Waals surface area contributed by atoms with E-state index in [1.54, 1.807) is 24.3 Å². The molecule has 2 N–H and O–H groups in total. The fraction of sp³-hybridized carbons (Fsp3) is 0.158. The zero-order valence-corrected chi connectivity index (χ0v) is 15.2. The maximum atomic E-state index is 12.7. The number of aromatic amines is 1. The van der Waals surface area contributed by atoms with Crippen molar-refractivity contribution in [2.45, 2.75) is 18.7 Å². The predicted octanol–water partition coefficient (Wildman–Crippen LogP) is 4.10. The number of halogens is 1. The second kappa shape index (κ2) is 7.33. The maximum absolute atomic E-state index is 12.7. The van der Waals surface area contributed by atoms with Gasteiger partial charge in [-0.05, 0) is 36.2 Å². The molecule has 0 radical (unpaired) electrons. The fourth-order valence-corrected chi connectivity index (χ4v) is 3.01. The number of benzene rings is 2. The number of rotatable bonds is 4. The molecule has 3 rings (SSSR count). The Balaban J connectivity index is 1.88. The molecule has 1 aromatic heterocycles. The molecule has 1 atom stereocenters. The van der Waals surface area contributed by atoms with Crippen LogP contribution in [0.4, 0.5) is 0 Å². The molecule has 128 valence electrons. The molecule has 1 heterocycles. The number of amides is 1. The van der Waals surface area contributed by atoms with E-state index in [0.717, 1.165) is 11.1 Å². The maximum Gasteiger partial charge on any atom is 0.257 e. The SMILES string of the molecule is CC(S)c1cccc2c(=O)c(C(=O)NCc3ccc(Cl)cc3)c[nH]c12. The predicted molar refractivity (Wildman–Crippen MR) is 105 cm³/mol. The molecule has 0 aliphatic heterocycles. The molecule has 0 bridgehead atoms. The zero-order valence-electron chi connectivity index (χ0n) is 13.5. The largest absolute Gasteiger partial charge is 0.360 e. The molecule has 0 spiro atoms. The number of aromatic nitrogens is 1. The number of thiol groups is 1. The average molecular weight is 373 g/mol. The summed E-state index contributed by atoms with van der Waals surface area (Å²) in [6.45, 7) is 2.25. The van der Waals surface area contributed by atoms with E-state index in [4.69, 9.17) is 11.6 Å². The van der Waals surface area contributed by atoms with Crippen molar-refractivity contribution < 1.29 is 4.79 Å². The molecular formula is C19H17ClN2O2S. The first-order valence-corrected chi connectivity index (χ1v) is 8.72. The highest BCUT2D eigenvalue weighted by molar-refractivity contribution is 7.80. The lowest BCUT2D eigenvalue weighted by Crippen LogP contribution is -2.28. The number of carbonyl (C=O) groups is 1. The summed E-state index contributed by atoms with van der Waals surface area (Å²) in [6, 6.07) is 12.6. The van der Waals surface area contributed by atoms with Crippen molar-refractivity contribution in [2.75, 3.05) is 0 Å². The molecule has 0 aliphatic rings. The molecule has 1 unspecified atom stereocenters. The topological polar surface area (TPSA) is 62.0 Å². The Morgan fingerprint density at radius 1 is 1.24 bits per heavy atom. The first-order valence-electron chi connectivity index (χ1n) is 7.82. The third kappa shape index (κ3) is 3.72. The summed E-state index contributed by atoms with van der Waals surface area (Å²) in [4.78, 5) is 28.1. The van der Waals surface area contributed by atoms with Crippen molar-refractivity contribution in [3.63, 3.8) is 0 Å². The van der Waals surface area contributed by atoms with Gasteiger partial charge in [0.1, 0.15) is 5.56 Å². The third-order valence-electron chi connectivity index (χ3n) is 4.01. The number of pyridine rings is 1. The molecule has 25 heavy (non-hydrogen) atoms. The van der Waals surface area contributed by atoms with Gasteiger partial charge in [0.05, 0.1) is 5.52 Å². The van der Waals surface area contributed by atoms with E-state index in [0.29, 0.717) is 22.5 Å². The van der Waals surface area contributed by atoms with Crippen LogP contribution in [0.5, 0.6) is 0 Å². The highest BCUT2D eigenvalue weighted by Crippen LogP contribution is 2.24. The summed E-state index contributed by atoms with van der Waals surface area (Å²) in [7, 11) is 0. The standard InChI is InChI=1S/C19H17ClN2O2S/c1-11(25)14-3-2-4-15-17(14)21-10-16(18(15)23)19(24)22-9-12-5-7-13(20)8-6-12/h2-8,10-11,25H,9H2,1H3,(H,21,23)(H,22,24). The van der Waals surface area contributed by atoms with Crippen LogP contribution in [0.3, 0.4) is 0 Å². The fourth-order valence-electron chi connectivity index (χ4n) is 2.67. The highest BCUT2D eigenvalue weighted by Gasteiger charge is 2.15. The van der Waals surface area contributed by atoms with Gasteiger partial charge in [0, 0.05) is 28.4 Å². The van der Waals surface area contributed by atoms with Crippen molar-refractivity contribution in [1.82, 2.24) is 10.3 Å². The van der Waals surface area contributed by atoms with Crippen molar-refractivity contribution in [2.24, 2.45) is 0 Å². The Bertz CT molecular complexity index is 981. The Morgan fingerprint density at radius 3 is 2.64 bits per heavy atom. The molecule has 6 heteroatoms. The van der Waals surface area contributed by atoms with Gasteiger partial charge in [-0.15, -0.1) is 0 Å². The lowest BCUT2D eigenvalue weighted by atomic mass is 10.1. The van der Waals surface area contributed by atoms with Crippen LogP contribution in [0, 0.1) is 0 Å². The Kier molecular flexibility index (Phi) is 5.16. The first-order chi connectivity index (χ1) is 12.0. The van der Waals surface area contributed by atoms with Gasteiger partial charge in [0.25, 0.3) is 5.91 Å². The molecule has 1 amide bonds. The third-order valence-corrected chi connectivity index (χ3v) is 4.54. The van der Waals surface area contributed by atoms with Crippen LogP contribution >= 0.6 is 24.2 Å². The van der Waals surface area contributed by atoms with Crippen LogP contribution in [0.25, 0.3) is 10.9 Å². The smallest absolute Gasteiger partial charge is 0.257 e. The van der Waals surface area contributed by atoms with Crippen LogP contribution in [0.15, 0.2) is 53.5 Å². The molecule has 3 aromatic rings. The van der Waals surface area contributed by atoms with E-state index in [1.165, 1.54) is 6.20 Å². The van der Waals surface area contributed by atoms with Crippen LogP contribution < -0.4 is 10.7 Å². The van der Waals surface area contributed by atoms with Crippen LogP contribution in [0.2, 0.25) is 5.02 Å². The lowest BCUT2D eigenvalue weighted by Gasteiger charge is -2.10. The van der Waals surface area contributed by atoms with E-state index >= 15 is 0 Å². The molecule has 0 aliphatic carbocycles. The van der Waals surface area contributed by atoms with Gasteiger partial charge in [-0.3, -0.25) is 9.59 Å². The van der Waals surface area contributed by atoms with Gasteiger partial charge in [-0.1, -0.05) is 35.9 Å². The molecule has 0 saturated heterocycles. The number of para-hydroxylation sites is 1. The van der Waals surface area contributed by atoms with Crippen molar-refractivity contribution >= 4 is 41.0 Å². The average Bonchev–Trinajstić information content (AvgIpc) is 2.61. The number of nitrogens with one attached hydrogen (secondary N) is 2. The second-order valence-electron chi connectivity index (χ2n) is 5.79. The number of carbonyl (C=O) groups excluding carboxylic acids is 1. The van der Waals surface area contributed by atoms with E-state index in [2.05, 4.69) is 22.9 Å². The normalized spacial score (nSPS) is 12.1. The molecule has 0 saturated carbocycles. The molecule has 0 fully saturated rings. The van der Waals surface area contributed by atoms with Crippen molar-refractivity contribution in [3.8, 4) is 0 Å². The van der Waals surface area contributed by atoms with Crippen molar-refractivity contribution in [1.29, 1.82) is 0 Å². The zero-order chi connectivity index (χ0) is 18.0. The Morgan fingerprint density at radius 2 is 1.96 bits per heavy atom. The number of hydrogen-bond acceptors (Lipinski definition) is 3. The summed E-state index contributed by atoms with van der Waals surface area (Å²) >= 11 is 10.3. The first kappa shape index (κ1) is 17.6. The van der Waals surface area contributed by atoms with E-state index in [-0.39, 0.29) is 16.2 Å². The minimum atomic E-state index is -0.414. The van der Waals surface area contributed by atoms with Gasteiger partial charge in [-0.2, -0.15) is 12.6 Å². The highest BCUT2D eigenvalue weighted by atomic mass is 35.5. The number of hydrogen-bond donors (Lipinski definition) is 3. The van der Waals surface area contributed by atoms with E-state index < -0.39 is 5.91 Å². The number of H-pyrrole nitrogens is 1. The Hall–Kier alpha value is -2.24. The van der Waals surface area contributed by atoms with Crippen LogP contribution in [-0.4, -0.2) is 10.9 Å². The van der Waals surface area contributed by atoms with Crippen molar-refractivity contribution in [3.05, 3.63) is 80.6 Å². The van der Waals surface area contributed by atoms with Gasteiger partial charge in [-0.25, -0.2) is 0 Å². The van der Waals surface area contributed by atoms with E-state index in [9.17, 15) is 9.59 Å². The minimum absolute atomic E-state index is 0.0241. The van der Waals surface area contributed by atoms with Gasteiger partial charge in [0.15, 0.2) is 0 Å². The van der Waals surface area contributed by atoms with Gasteiger partial charge >= 0.3 is 0 Å². The summed E-state index contributed by atoms with van der Waals surface area (Å²) in [6.07, 6.45) is 1.46. The minimum Gasteiger partial charge on any atom is -0.360 e. The second-order valence-corrected chi connectivity index (χ2v) is 7.00. The summed E-state index contributed by atoms with van der Waals surface area (Å²) in [5, 5.41) is 3.85. The van der Waals surface area contributed by atoms with Gasteiger partial charge < -0.3 is 10.3 Å². The monoisotopic (exact) mass is 372 g/mol. The summed E-state index contributed by atoms with van der Waals surface area (Å²) in [5.74, 6) is -0.414. The summed E-state index contributed by atoms with van der Waals surface area (Å²) < 4.78 is 0. The number of fused-ring (bicyclic) bond motifs is 1. The quantitative estimate of drug-likeness (QED) is 0.604. The van der Waals surface area contributed by atoms with Gasteiger partial charge in [0.2, 0.25) is 5.43 Å². The van der Waals surface area contributed by atoms with E-state index in [1.807, 2.05) is 25.1 Å². The molecule has 4 nitrogen and oxygen atoms in total. The van der Waals surface area contributed by atoms with Crippen LogP contribution in [0.1, 0.15) is 33.7 Å². The Labute approximate surface area is 155 Å². The lowest BCUT2D eigenvalue weighted by molar-refractivity contribution is 0.0949. The molecular weight excluding hydrogens is 356 g/mol.